The molecule has 0 bridgehead atoms. The van der Waals surface area contributed by atoms with Crippen LogP contribution in [0.2, 0.25) is 0 Å². The molecule has 1 aromatic carbocycles. The van der Waals surface area contributed by atoms with Gasteiger partial charge in [0.05, 0.1) is 10.5 Å². The van der Waals surface area contributed by atoms with Crippen LogP contribution in [0.3, 0.4) is 0 Å². The van der Waals surface area contributed by atoms with Crippen molar-refractivity contribution < 1.29 is 18.1 Å². The molecule has 20 heavy (non-hydrogen) atoms. The Morgan fingerprint density at radius 2 is 1.95 bits per heavy atom. The second kappa shape index (κ2) is 5.78. The summed E-state index contributed by atoms with van der Waals surface area (Å²) in [6.07, 6.45) is -2.59. The fourth-order valence-corrected chi connectivity index (χ4v) is 2.52. The predicted octanol–water partition coefficient (Wildman–Crippen LogP) is 3.16. The van der Waals surface area contributed by atoms with Gasteiger partial charge in [0.15, 0.2) is 0 Å². The highest BCUT2D eigenvalue weighted by molar-refractivity contribution is 5.41. The van der Waals surface area contributed by atoms with Gasteiger partial charge in [-0.3, -0.25) is 10.1 Å². The van der Waals surface area contributed by atoms with E-state index in [1.807, 2.05) is 0 Å². The van der Waals surface area contributed by atoms with E-state index >= 15 is 0 Å². The molecule has 7 heteroatoms. The lowest BCUT2D eigenvalue weighted by molar-refractivity contribution is -0.385. The lowest BCUT2D eigenvalue weighted by atomic mass is 9.89. The average molecular weight is 288 g/mol. The minimum atomic E-state index is -4.56. The first-order chi connectivity index (χ1) is 9.38. The highest BCUT2D eigenvalue weighted by atomic mass is 19.4. The minimum absolute atomic E-state index is 0.148. The van der Waals surface area contributed by atoms with Gasteiger partial charge in [-0.1, -0.05) is 6.07 Å². The normalized spacial score (nSPS) is 17.1. The van der Waals surface area contributed by atoms with Crippen LogP contribution in [-0.2, 0) is 12.6 Å². The Hall–Kier alpha value is -1.63. The molecule has 0 amide bonds. The first-order valence-electron chi connectivity index (χ1n) is 6.43. The molecule has 110 valence electrons. The first-order valence-corrected chi connectivity index (χ1v) is 6.43. The van der Waals surface area contributed by atoms with Gasteiger partial charge in [-0.25, -0.2) is 0 Å². The number of benzene rings is 1. The van der Waals surface area contributed by atoms with Gasteiger partial charge in [-0.05, 0) is 43.8 Å². The summed E-state index contributed by atoms with van der Waals surface area (Å²) in [5, 5.41) is 13.8. The molecule has 2 rings (SSSR count). The molecule has 0 aliphatic carbocycles. The summed E-state index contributed by atoms with van der Waals surface area (Å²) in [4.78, 5) is 9.81. The van der Waals surface area contributed by atoms with E-state index in [1.165, 1.54) is 6.07 Å². The van der Waals surface area contributed by atoms with Crippen molar-refractivity contribution in [3.63, 3.8) is 0 Å². The number of hydrogen-bond acceptors (Lipinski definition) is 3. The van der Waals surface area contributed by atoms with E-state index in [1.54, 1.807) is 0 Å². The van der Waals surface area contributed by atoms with Crippen LogP contribution in [0, 0.1) is 16.0 Å². The topological polar surface area (TPSA) is 55.2 Å². The van der Waals surface area contributed by atoms with Crippen LogP contribution >= 0.6 is 0 Å². The van der Waals surface area contributed by atoms with Crippen molar-refractivity contribution in [3.05, 3.63) is 39.4 Å². The van der Waals surface area contributed by atoms with Crippen molar-refractivity contribution in [2.45, 2.75) is 25.4 Å². The summed E-state index contributed by atoms with van der Waals surface area (Å²) in [5.74, 6) is 0.193. The van der Waals surface area contributed by atoms with E-state index in [0.717, 1.165) is 32.0 Å². The molecule has 1 fully saturated rings. The Morgan fingerprint density at radius 3 is 2.50 bits per heavy atom. The molecule has 0 saturated carbocycles. The average Bonchev–Trinajstić information content (AvgIpc) is 2.39. The fourth-order valence-electron chi connectivity index (χ4n) is 2.52. The Kier molecular flexibility index (Phi) is 4.27. The van der Waals surface area contributed by atoms with Gasteiger partial charge in [0.2, 0.25) is 0 Å². The Morgan fingerprint density at radius 1 is 1.30 bits per heavy atom. The summed E-state index contributed by atoms with van der Waals surface area (Å²) in [5.41, 5.74) is -1.26. The van der Waals surface area contributed by atoms with Crippen molar-refractivity contribution in [1.82, 2.24) is 5.32 Å². The number of halogens is 3. The summed E-state index contributed by atoms with van der Waals surface area (Å²) >= 11 is 0. The maximum Gasteiger partial charge on any atom is 0.416 e. The van der Waals surface area contributed by atoms with Crippen LogP contribution in [0.5, 0.6) is 0 Å². The number of nitro benzene ring substituents is 1. The van der Waals surface area contributed by atoms with Gasteiger partial charge in [0, 0.05) is 12.1 Å². The number of nitro groups is 1. The number of piperidine rings is 1. The molecule has 1 aliphatic heterocycles. The van der Waals surface area contributed by atoms with E-state index in [4.69, 9.17) is 0 Å². The summed E-state index contributed by atoms with van der Waals surface area (Å²) < 4.78 is 39.0. The number of nitrogens with zero attached hydrogens (tertiary/aromatic N) is 1. The van der Waals surface area contributed by atoms with Gasteiger partial charge in [0.1, 0.15) is 0 Å². The minimum Gasteiger partial charge on any atom is -0.317 e. The molecule has 0 unspecified atom stereocenters. The first kappa shape index (κ1) is 14.8. The van der Waals surface area contributed by atoms with Crippen molar-refractivity contribution in [2.24, 2.45) is 5.92 Å². The zero-order valence-corrected chi connectivity index (χ0v) is 10.7. The van der Waals surface area contributed by atoms with Gasteiger partial charge in [-0.15, -0.1) is 0 Å². The SMILES string of the molecule is O=[N+]([O-])c1ccc(CC2CCNCC2)c(C(F)(F)F)c1. The monoisotopic (exact) mass is 288 g/mol. The van der Waals surface area contributed by atoms with Crippen molar-refractivity contribution in [1.29, 1.82) is 0 Å². The van der Waals surface area contributed by atoms with Gasteiger partial charge in [-0.2, -0.15) is 13.2 Å². The van der Waals surface area contributed by atoms with Crippen molar-refractivity contribution in [2.75, 3.05) is 13.1 Å². The highest BCUT2D eigenvalue weighted by Crippen LogP contribution is 2.36. The highest BCUT2D eigenvalue weighted by Gasteiger charge is 2.35. The van der Waals surface area contributed by atoms with E-state index in [-0.39, 0.29) is 11.5 Å². The zero-order valence-electron chi connectivity index (χ0n) is 10.7. The third-order valence-electron chi connectivity index (χ3n) is 3.58. The smallest absolute Gasteiger partial charge is 0.317 e. The third-order valence-corrected chi connectivity index (χ3v) is 3.58. The molecule has 1 aliphatic rings. The Bertz CT molecular complexity index is 497. The molecule has 0 aromatic heterocycles. The molecule has 0 atom stereocenters. The van der Waals surface area contributed by atoms with Crippen molar-refractivity contribution >= 4 is 5.69 Å². The standard InChI is InChI=1S/C13H15F3N2O2/c14-13(15,16)12-8-11(18(19)20)2-1-10(12)7-9-3-5-17-6-4-9/h1-2,8-9,17H,3-7H2. The number of hydrogen-bond donors (Lipinski definition) is 1. The maximum atomic E-state index is 13.0. The number of nitrogens with one attached hydrogen (secondary N) is 1. The van der Waals surface area contributed by atoms with Gasteiger partial charge >= 0.3 is 6.18 Å². The number of alkyl halides is 3. The summed E-state index contributed by atoms with van der Waals surface area (Å²) in [7, 11) is 0. The van der Waals surface area contributed by atoms with Crippen molar-refractivity contribution in [3.8, 4) is 0 Å². The Labute approximate surface area is 114 Å². The van der Waals surface area contributed by atoms with Crippen LogP contribution in [0.4, 0.5) is 18.9 Å². The molecule has 0 radical (unpaired) electrons. The van der Waals surface area contributed by atoms with E-state index in [0.29, 0.717) is 12.5 Å². The van der Waals surface area contributed by atoms with E-state index in [9.17, 15) is 23.3 Å². The summed E-state index contributed by atoms with van der Waals surface area (Å²) in [6.45, 7) is 1.61. The van der Waals surface area contributed by atoms with E-state index in [2.05, 4.69) is 5.32 Å². The molecule has 0 spiro atoms. The second-order valence-electron chi connectivity index (χ2n) is 4.99. The number of rotatable bonds is 3. The molecule has 1 N–H and O–H groups in total. The van der Waals surface area contributed by atoms with Crippen LogP contribution in [0.25, 0.3) is 0 Å². The lowest BCUT2D eigenvalue weighted by Gasteiger charge is -2.24. The van der Waals surface area contributed by atoms with Gasteiger partial charge < -0.3 is 5.32 Å². The quantitative estimate of drug-likeness (QED) is 0.686. The fraction of sp³-hybridized carbons (Fsp3) is 0.538. The largest absolute Gasteiger partial charge is 0.416 e. The van der Waals surface area contributed by atoms with Gasteiger partial charge in [0.25, 0.3) is 5.69 Å². The maximum absolute atomic E-state index is 13.0. The molecular formula is C13H15F3N2O2. The predicted molar refractivity (Wildman–Crippen MR) is 67.4 cm³/mol. The second-order valence-corrected chi connectivity index (χ2v) is 4.99. The van der Waals surface area contributed by atoms with Crippen LogP contribution in [-0.4, -0.2) is 18.0 Å². The third kappa shape index (κ3) is 3.47. The molecule has 4 nitrogen and oxygen atoms in total. The lowest BCUT2D eigenvalue weighted by Crippen LogP contribution is -2.29. The Balaban J connectivity index is 2.28. The summed E-state index contributed by atoms with van der Waals surface area (Å²) in [6, 6.07) is 3.02. The zero-order chi connectivity index (χ0) is 14.8. The number of non-ortho nitro benzene ring substituents is 1. The molecule has 1 saturated heterocycles. The molecule has 1 heterocycles. The molecular weight excluding hydrogens is 273 g/mol. The van der Waals surface area contributed by atoms with E-state index < -0.39 is 22.4 Å². The molecule has 1 aromatic rings. The van der Waals surface area contributed by atoms with Crippen LogP contribution in [0.15, 0.2) is 18.2 Å². The van der Waals surface area contributed by atoms with Crippen LogP contribution in [0.1, 0.15) is 24.0 Å². The van der Waals surface area contributed by atoms with Crippen LogP contribution < -0.4 is 5.32 Å².